The van der Waals surface area contributed by atoms with Gasteiger partial charge >= 0.3 is 0 Å². The fraction of sp³-hybridized carbons (Fsp3) is 0.222. The smallest absolute Gasteiger partial charge is 0.269 e. The number of nitrogens with two attached hydrogens (primary N) is 1. The van der Waals surface area contributed by atoms with Crippen LogP contribution in [0.5, 0.6) is 0 Å². The van der Waals surface area contributed by atoms with Gasteiger partial charge in [-0.3, -0.25) is 10.1 Å². The van der Waals surface area contributed by atoms with Crippen LogP contribution in [0.2, 0.25) is 0 Å². The van der Waals surface area contributed by atoms with Crippen LogP contribution < -0.4 is 5.73 Å². The Labute approximate surface area is 80.9 Å². The predicted molar refractivity (Wildman–Crippen MR) is 50.2 cm³/mol. The van der Waals surface area contributed by atoms with Gasteiger partial charge < -0.3 is 5.73 Å². The molecule has 0 aliphatic carbocycles. The average Bonchev–Trinajstić information content (AvgIpc) is 2.18. The molecule has 0 bridgehead atoms. The molecule has 0 aliphatic rings. The van der Waals surface area contributed by atoms with Gasteiger partial charge in [-0.2, -0.15) is 5.26 Å². The van der Waals surface area contributed by atoms with E-state index in [-0.39, 0.29) is 5.69 Å². The second-order valence-corrected chi connectivity index (χ2v) is 3.12. The summed E-state index contributed by atoms with van der Waals surface area (Å²) in [6.45, 7) is 1.55. The molecular weight excluding hydrogens is 182 g/mol. The topological polar surface area (TPSA) is 93.0 Å². The Bertz CT molecular complexity index is 390. The van der Waals surface area contributed by atoms with E-state index in [1.165, 1.54) is 24.3 Å². The molecule has 0 aromatic heterocycles. The Hall–Kier alpha value is -1.93. The summed E-state index contributed by atoms with van der Waals surface area (Å²) in [5.74, 6) is 0. The maximum absolute atomic E-state index is 10.3. The molecule has 14 heavy (non-hydrogen) atoms. The van der Waals surface area contributed by atoms with Crippen LogP contribution in [-0.4, -0.2) is 4.92 Å². The predicted octanol–water partition coefficient (Wildman–Crippen LogP) is 1.29. The lowest BCUT2D eigenvalue weighted by molar-refractivity contribution is -0.384. The van der Waals surface area contributed by atoms with Gasteiger partial charge in [-0.05, 0) is 24.6 Å². The van der Waals surface area contributed by atoms with Crippen molar-refractivity contribution in [3.05, 3.63) is 39.9 Å². The molecule has 72 valence electrons. The Morgan fingerprint density at radius 2 is 2.00 bits per heavy atom. The van der Waals surface area contributed by atoms with E-state index in [1.807, 2.05) is 6.07 Å². The zero-order chi connectivity index (χ0) is 10.8. The standard InChI is InChI=1S/C9H9N3O2/c1-9(11,6-10)7-2-4-8(5-3-7)12(13)14/h2-5H,11H2,1H3. The van der Waals surface area contributed by atoms with Crippen molar-refractivity contribution in [2.75, 3.05) is 0 Å². The number of nitrogens with zero attached hydrogens (tertiary/aromatic N) is 2. The van der Waals surface area contributed by atoms with Gasteiger partial charge in [0.2, 0.25) is 0 Å². The molecule has 0 saturated carbocycles. The minimum absolute atomic E-state index is 0.0116. The van der Waals surface area contributed by atoms with Gasteiger partial charge in [-0.15, -0.1) is 0 Å². The van der Waals surface area contributed by atoms with Crippen molar-refractivity contribution in [1.82, 2.24) is 0 Å². The van der Waals surface area contributed by atoms with E-state index < -0.39 is 10.5 Å². The molecule has 0 amide bonds. The van der Waals surface area contributed by atoms with Gasteiger partial charge in [0.15, 0.2) is 0 Å². The fourth-order valence-electron chi connectivity index (χ4n) is 0.994. The average molecular weight is 191 g/mol. The quantitative estimate of drug-likeness (QED) is 0.563. The van der Waals surface area contributed by atoms with Crippen molar-refractivity contribution in [2.45, 2.75) is 12.5 Å². The minimum Gasteiger partial charge on any atom is -0.310 e. The number of rotatable bonds is 2. The number of nitro groups is 1. The highest BCUT2D eigenvalue weighted by molar-refractivity contribution is 5.38. The normalized spacial score (nSPS) is 14.1. The Morgan fingerprint density at radius 1 is 1.50 bits per heavy atom. The molecule has 1 aromatic carbocycles. The van der Waals surface area contributed by atoms with Crippen molar-refractivity contribution in [2.24, 2.45) is 5.73 Å². The highest BCUT2D eigenvalue weighted by Crippen LogP contribution is 2.19. The van der Waals surface area contributed by atoms with Crippen LogP contribution in [0.4, 0.5) is 5.69 Å². The maximum Gasteiger partial charge on any atom is 0.269 e. The van der Waals surface area contributed by atoms with E-state index >= 15 is 0 Å². The number of hydrogen-bond donors (Lipinski definition) is 1. The van der Waals surface area contributed by atoms with Crippen molar-refractivity contribution < 1.29 is 4.92 Å². The summed E-state index contributed by atoms with van der Waals surface area (Å²) in [4.78, 5) is 9.84. The first-order valence-corrected chi connectivity index (χ1v) is 3.92. The first kappa shape index (κ1) is 10.2. The molecule has 5 nitrogen and oxygen atoms in total. The van der Waals surface area contributed by atoms with Crippen LogP contribution in [0.3, 0.4) is 0 Å². The molecule has 0 spiro atoms. The van der Waals surface area contributed by atoms with E-state index in [0.717, 1.165) is 0 Å². The van der Waals surface area contributed by atoms with E-state index in [0.29, 0.717) is 5.56 Å². The van der Waals surface area contributed by atoms with Gasteiger partial charge in [0, 0.05) is 12.1 Å². The molecule has 0 aliphatic heterocycles. The van der Waals surface area contributed by atoms with Gasteiger partial charge in [0.25, 0.3) is 5.69 Å². The third-order valence-electron chi connectivity index (χ3n) is 1.91. The number of hydrogen-bond acceptors (Lipinski definition) is 4. The first-order valence-electron chi connectivity index (χ1n) is 3.92. The summed E-state index contributed by atoms with van der Waals surface area (Å²) < 4.78 is 0. The van der Waals surface area contributed by atoms with Crippen LogP contribution in [0.25, 0.3) is 0 Å². The minimum atomic E-state index is -1.10. The molecule has 0 saturated heterocycles. The van der Waals surface area contributed by atoms with Crippen LogP contribution >= 0.6 is 0 Å². The molecular formula is C9H9N3O2. The largest absolute Gasteiger partial charge is 0.310 e. The Balaban J connectivity index is 3.07. The lowest BCUT2D eigenvalue weighted by atomic mass is 9.95. The van der Waals surface area contributed by atoms with Gasteiger partial charge in [0.05, 0.1) is 11.0 Å². The van der Waals surface area contributed by atoms with E-state index in [4.69, 9.17) is 11.0 Å². The monoisotopic (exact) mass is 191 g/mol. The van der Waals surface area contributed by atoms with Crippen LogP contribution in [0, 0.1) is 21.4 Å². The summed E-state index contributed by atoms with van der Waals surface area (Å²) in [7, 11) is 0. The molecule has 5 heteroatoms. The van der Waals surface area contributed by atoms with Crippen LogP contribution in [0.1, 0.15) is 12.5 Å². The van der Waals surface area contributed by atoms with Gasteiger partial charge in [-0.25, -0.2) is 0 Å². The zero-order valence-corrected chi connectivity index (χ0v) is 7.60. The van der Waals surface area contributed by atoms with Gasteiger partial charge in [0.1, 0.15) is 5.54 Å². The molecule has 0 fully saturated rings. The Kier molecular flexibility index (Phi) is 2.49. The Morgan fingerprint density at radius 3 is 2.36 bits per heavy atom. The number of nitriles is 1. The third-order valence-corrected chi connectivity index (χ3v) is 1.91. The van der Waals surface area contributed by atoms with Crippen molar-refractivity contribution >= 4 is 5.69 Å². The molecule has 1 unspecified atom stereocenters. The van der Waals surface area contributed by atoms with Crippen molar-refractivity contribution in [3.63, 3.8) is 0 Å². The summed E-state index contributed by atoms with van der Waals surface area (Å²) in [5.41, 5.74) is 5.08. The van der Waals surface area contributed by atoms with E-state index in [1.54, 1.807) is 6.92 Å². The zero-order valence-electron chi connectivity index (χ0n) is 7.60. The van der Waals surface area contributed by atoms with E-state index in [9.17, 15) is 10.1 Å². The van der Waals surface area contributed by atoms with Gasteiger partial charge in [-0.1, -0.05) is 0 Å². The molecule has 1 aromatic rings. The number of benzene rings is 1. The summed E-state index contributed by atoms with van der Waals surface area (Å²) in [6, 6.07) is 7.55. The number of non-ortho nitro benzene ring substituents is 1. The first-order chi connectivity index (χ1) is 6.47. The second kappa shape index (κ2) is 3.44. The molecule has 1 atom stereocenters. The summed E-state index contributed by atoms with van der Waals surface area (Å²) in [5, 5.41) is 19.1. The maximum atomic E-state index is 10.3. The highest BCUT2D eigenvalue weighted by Gasteiger charge is 2.20. The number of nitro benzene ring substituents is 1. The summed E-state index contributed by atoms with van der Waals surface area (Å²) in [6.07, 6.45) is 0. The lowest BCUT2D eigenvalue weighted by Crippen LogP contribution is -2.30. The summed E-state index contributed by atoms with van der Waals surface area (Å²) >= 11 is 0. The lowest BCUT2D eigenvalue weighted by Gasteiger charge is -2.14. The van der Waals surface area contributed by atoms with Crippen LogP contribution in [-0.2, 0) is 5.54 Å². The molecule has 2 N–H and O–H groups in total. The highest BCUT2D eigenvalue weighted by atomic mass is 16.6. The van der Waals surface area contributed by atoms with Crippen molar-refractivity contribution in [3.8, 4) is 6.07 Å². The molecule has 1 rings (SSSR count). The second-order valence-electron chi connectivity index (χ2n) is 3.12. The van der Waals surface area contributed by atoms with E-state index in [2.05, 4.69) is 0 Å². The third kappa shape index (κ3) is 1.87. The van der Waals surface area contributed by atoms with Crippen LogP contribution in [0.15, 0.2) is 24.3 Å². The molecule has 0 heterocycles. The fourth-order valence-corrected chi connectivity index (χ4v) is 0.994. The SMILES string of the molecule is CC(N)(C#N)c1ccc([N+](=O)[O-])cc1. The molecule has 0 radical (unpaired) electrons. The van der Waals surface area contributed by atoms with Crippen molar-refractivity contribution in [1.29, 1.82) is 5.26 Å².